The molecule has 1 N–H and O–H groups in total. The molecule has 4 amide bonds. The van der Waals surface area contributed by atoms with Crippen LogP contribution in [0.2, 0.25) is 0 Å². The number of amides is 4. The van der Waals surface area contributed by atoms with Crippen molar-refractivity contribution in [3.05, 3.63) is 95.8 Å². The Kier molecular flexibility index (Phi) is 7.01. The second-order valence-corrected chi connectivity index (χ2v) is 9.75. The number of carbonyl (C=O) groups is 3. The van der Waals surface area contributed by atoms with E-state index in [0.717, 1.165) is 23.4 Å². The van der Waals surface area contributed by atoms with Crippen molar-refractivity contribution in [2.75, 3.05) is 18.4 Å². The predicted molar refractivity (Wildman–Crippen MR) is 140 cm³/mol. The normalized spacial score (nSPS) is 17.4. The van der Waals surface area contributed by atoms with Crippen LogP contribution >= 0.6 is 0 Å². The van der Waals surface area contributed by atoms with Gasteiger partial charge in [0.1, 0.15) is 5.54 Å². The van der Waals surface area contributed by atoms with Crippen LogP contribution < -0.4 is 5.32 Å². The van der Waals surface area contributed by atoms with Gasteiger partial charge < -0.3 is 10.2 Å². The highest BCUT2D eigenvalue weighted by atomic mass is 16.2. The lowest BCUT2D eigenvalue weighted by Crippen LogP contribution is -2.56. The van der Waals surface area contributed by atoms with Crippen LogP contribution in [0.4, 0.5) is 10.5 Å². The van der Waals surface area contributed by atoms with Crippen LogP contribution in [-0.4, -0.2) is 56.2 Å². The summed E-state index contributed by atoms with van der Waals surface area (Å²) in [5, 5.41) is 2.79. The van der Waals surface area contributed by atoms with Gasteiger partial charge in [-0.1, -0.05) is 48.5 Å². The first-order valence-electron chi connectivity index (χ1n) is 12.6. The summed E-state index contributed by atoms with van der Waals surface area (Å²) in [5.74, 6) is -0.222. The number of anilines is 1. The third kappa shape index (κ3) is 5.24. The first-order chi connectivity index (χ1) is 17.9. The Morgan fingerprint density at radius 3 is 2.19 bits per heavy atom. The monoisotopic (exact) mass is 497 g/mol. The predicted octanol–water partition coefficient (Wildman–Crippen LogP) is 4.04. The zero-order chi connectivity index (χ0) is 25.8. The molecule has 0 atom stereocenters. The smallest absolute Gasteiger partial charge is 0.326 e. The van der Waals surface area contributed by atoms with Crippen molar-refractivity contribution in [1.29, 1.82) is 0 Å². The Hall–Kier alpha value is -4.04. The van der Waals surface area contributed by atoms with Crippen LogP contribution in [0.5, 0.6) is 0 Å². The third-order valence-corrected chi connectivity index (χ3v) is 7.22. The molecule has 0 unspecified atom stereocenters. The molecule has 2 aliphatic heterocycles. The number of hydrogen-bond donors (Lipinski definition) is 1. The van der Waals surface area contributed by atoms with E-state index in [9.17, 15) is 14.4 Å². The molecule has 0 saturated carbocycles. The molecule has 5 rings (SSSR count). The number of carbonyl (C=O) groups excluding carboxylic acids is 3. The number of urea groups is 1. The number of benzene rings is 2. The first kappa shape index (κ1) is 24.6. The minimum Gasteiger partial charge on any atom is -0.326 e. The molecule has 2 fully saturated rings. The van der Waals surface area contributed by atoms with Gasteiger partial charge in [-0.2, -0.15) is 0 Å². The van der Waals surface area contributed by atoms with Gasteiger partial charge in [-0.25, -0.2) is 4.79 Å². The average Bonchev–Trinajstić information content (AvgIpc) is 3.09. The largest absolute Gasteiger partial charge is 0.328 e. The molecular formula is C29H31N5O3. The van der Waals surface area contributed by atoms with Crippen molar-refractivity contribution in [2.45, 2.75) is 44.9 Å². The molecule has 37 heavy (non-hydrogen) atoms. The quantitative estimate of drug-likeness (QED) is 0.498. The van der Waals surface area contributed by atoms with Gasteiger partial charge in [0.15, 0.2) is 0 Å². The molecule has 0 bridgehead atoms. The van der Waals surface area contributed by atoms with Crippen LogP contribution in [0, 0.1) is 0 Å². The van der Waals surface area contributed by atoms with Crippen LogP contribution in [0.15, 0.2) is 79.0 Å². The van der Waals surface area contributed by atoms with E-state index in [1.165, 1.54) is 11.8 Å². The molecule has 2 aliphatic rings. The molecule has 1 spiro atoms. The SMILES string of the molecule is CC(=O)Nc1ccc(CN2CCC3(CC2)C(=O)N(Cc2ccccn2)C(=O)N3Cc2ccccc2)cc1. The fourth-order valence-electron chi connectivity index (χ4n) is 5.28. The minimum absolute atomic E-state index is 0.0954. The second kappa shape index (κ2) is 10.5. The molecule has 0 aliphatic carbocycles. The van der Waals surface area contributed by atoms with E-state index in [2.05, 4.69) is 15.2 Å². The van der Waals surface area contributed by atoms with Gasteiger partial charge in [-0.3, -0.25) is 24.4 Å². The molecule has 0 radical (unpaired) electrons. The number of piperidine rings is 1. The Morgan fingerprint density at radius 1 is 0.865 bits per heavy atom. The van der Waals surface area contributed by atoms with Gasteiger partial charge >= 0.3 is 6.03 Å². The second-order valence-electron chi connectivity index (χ2n) is 9.75. The van der Waals surface area contributed by atoms with Crippen molar-refractivity contribution in [3.63, 3.8) is 0 Å². The molecular weight excluding hydrogens is 466 g/mol. The summed E-state index contributed by atoms with van der Waals surface area (Å²) in [6, 6.07) is 22.9. The summed E-state index contributed by atoms with van der Waals surface area (Å²) in [6.45, 7) is 4.22. The van der Waals surface area contributed by atoms with Crippen LogP contribution in [0.1, 0.15) is 36.6 Å². The van der Waals surface area contributed by atoms with Gasteiger partial charge in [0.25, 0.3) is 5.91 Å². The third-order valence-electron chi connectivity index (χ3n) is 7.22. The fraction of sp³-hybridized carbons (Fsp3) is 0.310. The van der Waals surface area contributed by atoms with Gasteiger partial charge in [0.2, 0.25) is 5.91 Å². The Labute approximate surface area is 216 Å². The summed E-state index contributed by atoms with van der Waals surface area (Å²) >= 11 is 0. The maximum Gasteiger partial charge on any atom is 0.328 e. The highest BCUT2D eigenvalue weighted by Gasteiger charge is 2.57. The standard InChI is InChI=1S/C29H31N5O3/c1-22(35)31-25-12-10-24(11-13-25)19-32-17-14-29(15-18-32)27(36)33(21-26-9-5-6-16-30-26)28(37)34(29)20-23-7-3-2-4-8-23/h2-13,16H,14-15,17-21H2,1H3,(H,31,35). The Bertz CT molecular complexity index is 1260. The van der Waals surface area contributed by atoms with E-state index in [-0.39, 0.29) is 24.4 Å². The Morgan fingerprint density at radius 2 is 1.54 bits per heavy atom. The first-order valence-corrected chi connectivity index (χ1v) is 12.6. The van der Waals surface area contributed by atoms with Crippen molar-refractivity contribution in [1.82, 2.24) is 19.7 Å². The number of rotatable bonds is 7. The van der Waals surface area contributed by atoms with Gasteiger partial charge in [0, 0.05) is 45.0 Å². The summed E-state index contributed by atoms with van der Waals surface area (Å²) in [5.41, 5.74) is 2.75. The maximum atomic E-state index is 13.9. The van der Waals surface area contributed by atoms with Crippen molar-refractivity contribution < 1.29 is 14.4 Å². The molecule has 190 valence electrons. The highest BCUT2D eigenvalue weighted by Crippen LogP contribution is 2.39. The fourth-order valence-corrected chi connectivity index (χ4v) is 5.28. The van der Waals surface area contributed by atoms with Crippen LogP contribution in [-0.2, 0) is 29.2 Å². The summed E-state index contributed by atoms with van der Waals surface area (Å²) in [4.78, 5) is 48.6. The van der Waals surface area contributed by atoms with Gasteiger partial charge in [-0.15, -0.1) is 0 Å². The molecule has 1 aromatic heterocycles. The number of likely N-dealkylation sites (tertiary alicyclic amines) is 1. The highest BCUT2D eigenvalue weighted by molar-refractivity contribution is 6.07. The van der Waals surface area contributed by atoms with E-state index in [4.69, 9.17) is 0 Å². The molecule has 2 saturated heterocycles. The minimum atomic E-state index is -0.854. The van der Waals surface area contributed by atoms with Crippen LogP contribution in [0.25, 0.3) is 0 Å². The number of nitrogens with zero attached hydrogens (tertiary/aromatic N) is 4. The van der Waals surface area contributed by atoms with Crippen molar-refractivity contribution in [2.24, 2.45) is 0 Å². The van der Waals surface area contributed by atoms with Crippen molar-refractivity contribution in [3.8, 4) is 0 Å². The zero-order valence-corrected chi connectivity index (χ0v) is 21.0. The lowest BCUT2D eigenvalue weighted by atomic mass is 9.85. The topological polar surface area (TPSA) is 85.9 Å². The molecule has 8 heteroatoms. The van der Waals surface area contributed by atoms with Crippen LogP contribution in [0.3, 0.4) is 0 Å². The molecule has 3 heterocycles. The number of aromatic nitrogens is 1. The summed E-state index contributed by atoms with van der Waals surface area (Å²) < 4.78 is 0. The molecule has 3 aromatic rings. The average molecular weight is 498 g/mol. The van der Waals surface area contributed by atoms with Crippen molar-refractivity contribution >= 4 is 23.5 Å². The van der Waals surface area contributed by atoms with Gasteiger partial charge in [-0.05, 0) is 48.2 Å². The number of hydrogen-bond acceptors (Lipinski definition) is 5. The van der Waals surface area contributed by atoms with E-state index in [1.54, 1.807) is 11.1 Å². The maximum absolute atomic E-state index is 13.9. The lowest BCUT2D eigenvalue weighted by Gasteiger charge is -2.42. The van der Waals surface area contributed by atoms with E-state index in [1.807, 2.05) is 72.8 Å². The Balaban J connectivity index is 1.33. The van der Waals surface area contributed by atoms with E-state index >= 15 is 0 Å². The number of imide groups is 1. The summed E-state index contributed by atoms with van der Waals surface area (Å²) in [6.07, 6.45) is 2.83. The molecule has 2 aromatic carbocycles. The number of nitrogens with one attached hydrogen (secondary N) is 1. The van der Waals surface area contributed by atoms with Gasteiger partial charge in [0.05, 0.1) is 12.2 Å². The van der Waals surface area contributed by atoms with E-state index in [0.29, 0.717) is 38.2 Å². The number of pyridine rings is 1. The van der Waals surface area contributed by atoms with E-state index < -0.39 is 5.54 Å². The lowest BCUT2D eigenvalue weighted by molar-refractivity contribution is -0.136. The zero-order valence-electron chi connectivity index (χ0n) is 21.0. The molecule has 8 nitrogen and oxygen atoms in total. The summed E-state index contributed by atoms with van der Waals surface area (Å²) in [7, 11) is 0.